The van der Waals surface area contributed by atoms with Gasteiger partial charge in [-0.05, 0) is 18.9 Å². The summed E-state index contributed by atoms with van der Waals surface area (Å²) in [5.74, 6) is -4.47. The van der Waals surface area contributed by atoms with E-state index in [1.807, 2.05) is 0 Å². The molecule has 0 aromatic heterocycles. The minimum atomic E-state index is -1.10. The second-order valence-electron chi connectivity index (χ2n) is 11.9. The van der Waals surface area contributed by atoms with Crippen LogP contribution < -0.4 is 5.11 Å². The quantitative estimate of drug-likeness (QED) is 0.0854. The van der Waals surface area contributed by atoms with Crippen molar-refractivity contribution in [2.45, 2.75) is 137 Å². The number of allylic oxidation sites excluding steroid dienone is 1. The number of aliphatic carboxylic acids is 3. The fourth-order valence-electron chi connectivity index (χ4n) is 4.85. The molecule has 39 heavy (non-hydrogen) atoms. The molecule has 0 aliphatic carbocycles. The summed E-state index contributed by atoms with van der Waals surface area (Å²) in [5.41, 5.74) is 0. The summed E-state index contributed by atoms with van der Waals surface area (Å²) in [7, 11) is 0. The highest BCUT2D eigenvalue weighted by atomic mass is 16.4. The van der Waals surface area contributed by atoms with Gasteiger partial charge in [-0.1, -0.05) is 105 Å². The molecule has 7 heteroatoms. The zero-order chi connectivity index (χ0) is 29.5. The first kappa shape index (κ1) is 37.1. The largest absolute Gasteiger partial charge is 0.550 e. The SMILES string of the molecule is CCCCCCCCCCCCCCC/C=C/[N+](CCC(C)C(=O)[O-])(CCC(C)C(=O)O)CCC(C)C(=O)O. The average Bonchev–Trinajstić information content (AvgIpc) is 2.90. The zero-order valence-corrected chi connectivity index (χ0v) is 25.5. The lowest BCUT2D eigenvalue weighted by atomic mass is 10.0. The van der Waals surface area contributed by atoms with Crippen LogP contribution in [0.15, 0.2) is 12.3 Å². The third kappa shape index (κ3) is 19.8. The van der Waals surface area contributed by atoms with Crippen molar-refractivity contribution in [3.8, 4) is 0 Å². The number of hydrogen-bond acceptors (Lipinski definition) is 4. The minimum Gasteiger partial charge on any atom is -0.550 e. The van der Waals surface area contributed by atoms with Crippen molar-refractivity contribution in [3.63, 3.8) is 0 Å². The van der Waals surface area contributed by atoms with Crippen LogP contribution in [0.5, 0.6) is 0 Å². The van der Waals surface area contributed by atoms with E-state index in [1.165, 1.54) is 77.0 Å². The summed E-state index contributed by atoms with van der Waals surface area (Å²) in [6, 6.07) is 0. The molecule has 0 aliphatic heterocycles. The van der Waals surface area contributed by atoms with Crippen LogP contribution in [-0.2, 0) is 14.4 Å². The number of carboxylic acid groups (broad SMARTS) is 3. The van der Waals surface area contributed by atoms with Gasteiger partial charge in [-0.25, -0.2) is 0 Å². The van der Waals surface area contributed by atoms with E-state index in [4.69, 9.17) is 0 Å². The topological polar surface area (TPSA) is 115 Å². The number of carbonyl (C=O) groups is 3. The molecule has 0 aliphatic rings. The van der Waals surface area contributed by atoms with Crippen LogP contribution in [0.1, 0.15) is 137 Å². The molecular formula is C32H59NO6. The van der Waals surface area contributed by atoms with Crippen LogP contribution in [0.4, 0.5) is 0 Å². The zero-order valence-electron chi connectivity index (χ0n) is 25.5. The molecule has 0 amide bonds. The van der Waals surface area contributed by atoms with Crippen molar-refractivity contribution in [2.24, 2.45) is 17.8 Å². The molecule has 0 saturated heterocycles. The lowest BCUT2D eigenvalue weighted by Crippen LogP contribution is -2.48. The Kier molecular flexibility index (Phi) is 21.8. The number of carbonyl (C=O) groups excluding carboxylic acids is 1. The van der Waals surface area contributed by atoms with Gasteiger partial charge in [-0.15, -0.1) is 0 Å². The fourth-order valence-corrected chi connectivity index (χ4v) is 4.85. The molecule has 2 N–H and O–H groups in total. The Labute approximate surface area is 238 Å². The fraction of sp³-hybridized carbons (Fsp3) is 0.844. The molecule has 0 radical (unpaired) electrons. The molecule has 7 nitrogen and oxygen atoms in total. The van der Waals surface area contributed by atoms with Crippen LogP contribution in [0.25, 0.3) is 0 Å². The number of quaternary nitrogens is 1. The Bertz CT molecular complexity index is 632. The first-order valence-corrected chi connectivity index (χ1v) is 15.7. The highest BCUT2D eigenvalue weighted by Crippen LogP contribution is 2.21. The van der Waals surface area contributed by atoms with Gasteiger partial charge in [0.1, 0.15) is 0 Å². The number of carboxylic acids is 3. The lowest BCUT2D eigenvalue weighted by molar-refractivity contribution is -0.881. The van der Waals surface area contributed by atoms with Crippen LogP contribution >= 0.6 is 0 Å². The van der Waals surface area contributed by atoms with E-state index < -0.39 is 35.7 Å². The average molecular weight is 554 g/mol. The summed E-state index contributed by atoms with van der Waals surface area (Å²) >= 11 is 0. The maximum Gasteiger partial charge on any atom is 0.306 e. The van der Waals surface area contributed by atoms with Crippen LogP contribution in [0.3, 0.4) is 0 Å². The standard InChI is InChI=1S/C32H59NO6/c1-5-6-7-8-9-10-11-12-13-14-15-16-17-18-19-23-33(24-20-27(2)30(34)35,25-21-28(3)31(36)37)26-22-29(4)32(38)39/h19,23,27-29H,5-18,20-22,24-26H2,1-4H3,(H2-,34,35,36,37,38,39)/b23-19+. The van der Waals surface area contributed by atoms with E-state index in [2.05, 4.69) is 19.2 Å². The van der Waals surface area contributed by atoms with Crippen LogP contribution in [0.2, 0.25) is 0 Å². The molecule has 3 unspecified atom stereocenters. The van der Waals surface area contributed by atoms with Gasteiger partial charge in [-0.3, -0.25) is 14.1 Å². The molecular weight excluding hydrogens is 494 g/mol. The van der Waals surface area contributed by atoms with Gasteiger partial charge in [0.25, 0.3) is 0 Å². The smallest absolute Gasteiger partial charge is 0.306 e. The molecule has 3 atom stereocenters. The molecule has 0 aromatic rings. The van der Waals surface area contributed by atoms with E-state index >= 15 is 0 Å². The van der Waals surface area contributed by atoms with Gasteiger partial charge in [-0.2, -0.15) is 0 Å². The lowest BCUT2D eigenvalue weighted by Gasteiger charge is -2.37. The first-order valence-electron chi connectivity index (χ1n) is 15.7. The van der Waals surface area contributed by atoms with Crippen LogP contribution in [-0.4, -0.2) is 52.2 Å². The van der Waals surface area contributed by atoms with Crippen molar-refractivity contribution in [1.82, 2.24) is 0 Å². The maximum absolute atomic E-state index is 11.4. The van der Waals surface area contributed by atoms with Crippen molar-refractivity contribution in [1.29, 1.82) is 0 Å². The van der Waals surface area contributed by atoms with Gasteiger partial charge in [0.15, 0.2) is 0 Å². The molecule has 0 bridgehead atoms. The van der Waals surface area contributed by atoms with Gasteiger partial charge in [0.2, 0.25) is 0 Å². The van der Waals surface area contributed by atoms with Crippen molar-refractivity contribution >= 4 is 17.9 Å². The Morgan fingerprint density at radius 3 is 1.36 bits per heavy atom. The van der Waals surface area contributed by atoms with Gasteiger partial charge >= 0.3 is 11.9 Å². The molecule has 0 saturated carbocycles. The summed E-state index contributed by atoms with van der Waals surface area (Å²) < 4.78 is 0.408. The Morgan fingerprint density at radius 1 is 0.641 bits per heavy atom. The molecule has 0 aromatic carbocycles. The minimum absolute atomic E-state index is 0.397. The third-order valence-corrected chi connectivity index (χ3v) is 8.16. The van der Waals surface area contributed by atoms with Gasteiger partial charge in [0.05, 0.1) is 37.7 Å². The summed E-state index contributed by atoms with van der Waals surface area (Å²) in [5, 5.41) is 30.1. The van der Waals surface area contributed by atoms with Crippen molar-refractivity contribution < 1.29 is 34.2 Å². The molecule has 0 rings (SSSR count). The highest BCUT2D eigenvalue weighted by Gasteiger charge is 2.29. The number of hydrogen-bond donors (Lipinski definition) is 2. The predicted molar refractivity (Wildman–Crippen MR) is 156 cm³/mol. The van der Waals surface area contributed by atoms with Gasteiger partial charge < -0.3 is 20.1 Å². The summed E-state index contributed by atoms with van der Waals surface area (Å²) in [4.78, 5) is 34.2. The normalized spacial score (nSPS) is 15.6. The molecule has 0 heterocycles. The first-order chi connectivity index (χ1) is 18.5. The van der Waals surface area contributed by atoms with Gasteiger partial charge in [0, 0.05) is 31.1 Å². The Balaban J connectivity index is 4.81. The Morgan fingerprint density at radius 2 is 1.00 bits per heavy atom. The molecule has 228 valence electrons. The van der Waals surface area contributed by atoms with E-state index in [1.54, 1.807) is 20.8 Å². The maximum atomic E-state index is 11.4. The van der Waals surface area contributed by atoms with Crippen LogP contribution in [0, 0.1) is 17.8 Å². The predicted octanol–water partition coefficient (Wildman–Crippen LogP) is 6.80. The second-order valence-corrected chi connectivity index (χ2v) is 11.9. The van der Waals surface area contributed by atoms with Crippen molar-refractivity contribution in [2.75, 3.05) is 19.6 Å². The molecule has 0 spiro atoms. The third-order valence-electron chi connectivity index (χ3n) is 8.16. The number of unbranched alkanes of at least 4 members (excludes halogenated alkanes) is 13. The van der Waals surface area contributed by atoms with Crippen molar-refractivity contribution in [3.05, 3.63) is 12.3 Å². The number of rotatable bonds is 27. The Hall–Kier alpha value is -1.89. The van der Waals surface area contributed by atoms with E-state index in [0.717, 1.165) is 12.8 Å². The highest BCUT2D eigenvalue weighted by molar-refractivity contribution is 5.69. The summed E-state index contributed by atoms with van der Waals surface area (Å²) in [6.45, 7) is 8.83. The van der Waals surface area contributed by atoms with E-state index in [0.29, 0.717) is 43.4 Å². The summed E-state index contributed by atoms with van der Waals surface area (Å²) in [6.07, 6.45) is 23.4. The monoisotopic (exact) mass is 553 g/mol. The second kappa shape index (κ2) is 22.9. The van der Waals surface area contributed by atoms with E-state index in [-0.39, 0.29) is 0 Å². The van der Waals surface area contributed by atoms with E-state index in [9.17, 15) is 29.7 Å². The number of nitrogens with zero attached hydrogens (tertiary/aromatic N) is 1. The molecule has 0 fully saturated rings.